The van der Waals surface area contributed by atoms with Gasteiger partial charge in [-0.05, 0) is 12.6 Å². The number of rotatable bonds is 10. The second-order valence-electron chi connectivity index (χ2n) is 4.99. The van der Waals surface area contributed by atoms with Gasteiger partial charge in [0.25, 0.3) is 0 Å². The van der Waals surface area contributed by atoms with Crippen LogP contribution < -0.4 is 5.32 Å². The molecule has 0 aliphatic carbocycles. The van der Waals surface area contributed by atoms with Crippen LogP contribution in [0.25, 0.3) is 0 Å². The first-order chi connectivity index (χ1) is 10.2. The maximum absolute atomic E-state index is 11.9. The summed E-state index contributed by atoms with van der Waals surface area (Å²) < 4.78 is 9.93. The summed E-state index contributed by atoms with van der Waals surface area (Å²) in [5, 5.41) is 3.32. The van der Waals surface area contributed by atoms with E-state index in [2.05, 4.69) is 17.3 Å². The van der Waals surface area contributed by atoms with Gasteiger partial charge in [0.2, 0.25) is 0 Å². The number of nitrogens with one attached hydrogen (secondary N) is 1. The van der Waals surface area contributed by atoms with Gasteiger partial charge in [0.15, 0.2) is 0 Å². The SMILES string of the molecule is COCCN(C)CCNCC(C(=O)OC)c1ccccc1. The molecule has 21 heavy (non-hydrogen) atoms. The Kier molecular flexibility index (Phi) is 8.66. The molecule has 0 heterocycles. The van der Waals surface area contributed by atoms with Crippen LogP contribution in [0.5, 0.6) is 0 Å². The second kappa shape index (κ2) is 10.3. The maximum Gasteiger partial charge on any atom is 0.314 e. The maximum atomic E-state index is 11.9. The Morgan fingerprint density at radius 2 is 1.95 bits per heavy atom. The molecule has 1 rings (SSSR count). The van der Waals surface area contributed by atoms with Gasteiger partial charge in [-0.25, -0.2) is 0 Å². The molecule has 0 aliphatic rings. The monoisotopic (exact) mass is 294 g/mol. The fourth-order valence-electron chi connectivity index (χ4n) is 2.04. The van der Waals surface area contributed by atoms with Crippen molar-refractivity contribution in [2.75, 3.05) is 54.1 Å². The summed E-state index contributed by atoms with van der Waals surface area (Å²) in [6, 6.07) is 9.71. The van der Waals surface area contributed by atoms with Gasteiger partial charge in [-0.3, -0.25) is 4.79 Å². The third-order valence-electron chi connectivity index (χ3n) is 3.38. The summed E-state index contributed by atoms with van der Waals surface area (Å²) in [4.78, 5) is 14.1. The fourth-order valence-corrected chi connectivity index (χ4v) is 2.04. The van der Waals surface area contributed by atoms with E-state index in [0.717, 1.165) is 31.8 Å². The molecule has 0 bridgehead atoms. The Balaban J connectivity index is 2.39. The van der Waals surface area contributed by atoms with Crippen LogP contribution >= 0.6 is 0 Å². The predicted octanol–water partition coefficient (Wildman–Crippen LogP) is 1.11. The van der Waals surface area contributed by atoms with Crippen molar-refractivity contribution in [3.8, 4) is 0 Å². The van der Waals surface area contributed by atoms with E-state index in [1.165, 1.54) is 7.11 Å². The van der Waals surface area contributed by atoms with Crippen molar-refractivity contribution in [2.45, 2.75) is 5.92 Å². The van der Waals surface area contributed by atoms with Crippen LogP contribution in [-0.4, -0.2) is 64.9 Å². The van der Waals surface area contributed by atoms with Gasteiger partial charge < -0.3 is 19.7 Å². The lowest BCUT2D eigenvalue weighted by Crippen LogP contribution is -2.34. The number of ether oxygens (including phenoxy) is 2. The van der Waals surface area contributed by atoms with Crippen LogP contribution in [0.3, 0.4) is 0 Å². The highest BCUT2D eigenvalue weighted by atomic mass is 16.5. The number of hydrogen-bond donors (Lipinski definition) is 1. The first-order valence-corrected chi connectivity index (χ1v) is 7.20. The van der Waals surface area contributed by atoms with E-state index in [-0.39, 0.29) is 11.9 Å². The third-order valence-corrected chi connectivity index (χ3v) is 3.38. The highest BCUT2D eigenvalue weighted by molar-refractivity contribution is 5.78. The van der Waals surface area contributed by atoms with Gasteiger partial charge in [0.1, 0.15) is 0 Å². The molecular weight excluding hydrogens is 268 g/mol. The lowest BCUT2D eigenvalue weighted by molar-refractivity contribution is -0.142. The molecule has 0 saturated heterocycles. The molecule has 0 saturated carbocycles. The van der Waals surface area contributed by atoms with Crippen molar-refractivity contribution in [2.24, 2.45) is 0 Å². The van der Waals surface area contributed by atoms with E-state index in [1.54, 1.807) is 7.11 Å². The number of nitrogens with zero attached hydrogens (tertiary/aromatic N) is 1. The molecule has 1 atom stereocenters. The van der Waals surface area contributed by atoms with Crippen LogP contribution in [0.1, 0.15) is 11.5 Å². The summed E-state index contributed by atoms with van der Waals surface area (Å²) in [6.45, 7) is 3.93. The Hall–Kier alpha value is -1.43. The van der Waals surface area contributed by atoms with Gasteiger partial charge in [-0.1, -0.05) is 30.3 Å². The Morgan fingerprint density at radius 3 is 2.57 bits per heavy atom. The van der Waals surface area contributed by atoms with E-state index in [4.69, 9.17) is 9.47 Å². The highest BCUT2D eigenvalue weighted by Crippen LogP contribution is 2.16. The average molecular weight is 294 g/mol. The molecule has 0 amide bonds. The van der Waals surface area contributed by atoms with Gasteiger partial charge in [-0.2, -0.15) is 0 Å². The highest BCUT2D eigenvalue weighted by Gasteiger charge is 2.20. The van der Waals surface area contributed by atoms with Gasteiger partial charge in [-0.15, -0.1) is 0 Å². The summed E-state index contributed by atoms with van der Waals surface area (Å²) in [5.41, 5.74) is 0.976. The minimum absolute atomic E-state index is 0.207. The van der Waals surface area contributed by atoms with E-state index in [0.29, 0.717) is 6.54 Å². The number of benzene rings is 1. The number of esters is 1. The van der Waals surface area contributed by atoms with Crippen molar-refractivity contribution in [1.29, 1.82) is 0 Å². The zero-order valence-corrected chi connectivity index (χ0v) is 13.2. The lowest BCUT2D eigenvalue weighted by atomic mass is 9.99. The van der Waals surface area contributed by atoms with Crippen molar-refractivity contribution < 1.29 is 14.3 Å². The molecule has 1 aromatic rings. The summed E-state index contributed by atoms with van der Waals surface area (Å²) in [5.74, 6) is -0.470. The van der Waals surface area contributed by atoms with Crippen LogP contribution in [0.4, 0.5) is 0 Å². The van der Waals surface area contributed by atoms with Crippen molar-refractivity contribution in [3.05, 3.63) is 35.9 Å². The zero-order valence-electron chi connectivity index (χ0n) is 13.2. The Labute approximate surface area is 127 Å². The summed E-state index contributed by atoms with van der Waals surface area (Å²) >= 11 is 0. The molecule has 5 nitrogen and oxygen atoms in total. The van der Waals surface area contributed by atoms with Crippen molar-refractivity contribution >= 4 is 5.97 Å². The number of carbonyl (C=O) groups is 1. The van der Waals surface area contributed by atoms with Crippen molar-refractivity contribution in [1.82, 2.24) is 10.2 Å². The molecule has 1 unspecified atom stereocenters. The van der Waals surface area contributed by atoms with Crippen LogP contribution in [0.15, 0.2) is 30.3 Å². The minimum Gasteiger partial charge on any atom is -0.469 e. The molecule has 5 heteroatoms. The fraction of sp³-hybridized carbons (Fsp3) is 0.562. The Bertz CT molecular complexity index is 398. The van der Waals surface area contributed by atoms with Crippen LogP contribution in [0, 0.1) is 0 Å². The molecule has 118 valence electrons. The normalized spacial score (nSPS) is 12.4. The number of carbonyl (C=O) groups excluding carboxylic acids is 1. The number of likely N-dealkylation sites (N-methyl/N-ethyl adjacent to an activating group) is 1. The molecule has 0 aliphatic heterocycles. The molecule has 1 N–H and O–H groups in total. The quantitative estimate of drug-likeness (QED) is 0.517. The zero-order chi connectivity index (χ0) is 15.5. The first kappa shape index (κ1) is 17.6. The molecule has 0 spiro atoms. The Morgan fingerprint density at radius 1 is 1.24 bits per heavy atom. The average Bonchev–Trinajstić information content (AvgIpc) is 2.53. The minimum atomic E-state index is -0.263. The van der Waals surface area contributed by atoms with E-state index >= 15 is 0 Å². The molecular formula is C16H26N2O3. The summed E-state index contributed by atoms with van der Waals surface area (Å²) in [7, 11) is 5.18. The molecule has 1 aromatic carbocycles. The van der Waals surface area contributed by atoms with Gasteiger partial charge >= 0.3 is 5.97 Å². The molecule has 0 aromatic heterocycles. The topological polar surface area (TPSA) is 50.8 Å². The predicted molar refractivity (Wildman–Crippen MR) is 83.4 cm³/mol. The lowest BCUT2D eigenvalue weighted by Gasteiger charge is -2.19. The number of methoxy groups -OCH3 is 2. The standard InChI is InChI=1S/C16H26N2O3/c1-18(11-12-20-2)10-9-17-13-15(16(19)21-3)14-7-5-4-6-8-14/h4-8,15,17H,9-13H2,1-3H3. The summed E-state index contributed by atoms with van der Waals surface area (Å²) in [6.07, 6.45) is 0. The molecule has 0 radical (unpaired) electrons. The number of hydrogen-bond acceptors (Lipinski definition) is 5. The molecule has 0 fully saturated rings. The van der Waals surface area contributed by atoms with Crippen molar-refractivity contribution in [3.63, 3.8) is 0 Å². The van der Waals surface area contributed by atoms with Crippen LogP contribution in [-0.2, 0) is 14.3 Å². The van der Waals surface area contributed by atoms with E-state index < -0.39 is 0 Å². The smallest absolute Gasteiger partial charge is 0.314 e. The first-order valence-electron chi connectivity index (χ1n) is 7.20. The third kappa shape index (κ3) is 6.71. The van der Waals surface area contributed by atoms with Crippen LogP contribution in [0.2, 0.25) is 0 Å². The second-order valence-corrected chi connectivity index (χ2v) is 4.99. The van der Waals surface area contributed by atoms with E-state index in [1.807, 2.05) is 30.3 Å². The van der Waals surface area contributed by atoms with E-state index in [9.17, 15) is 4.79 Å². The van der Waals surface area contributed by atoms with Gasteiger partial charge in [0, 0.05) is 33.3 Å². The largest absolute Gasteiger partial charge is 0.469 e. The van der Waals surface area contributed by atoms with Gasteiger partial charge in [0.05, 0.1) is 19.6 Å².